The molecule has 1 N–H and O–H groups in total. The lowest BCUT2D eigenvalue weighted by atomic mass is 10.1. The van der Waals surface area contributed by atoms with E-state index in [-0.39, 0.29) is 13.2 Å². The van der Waals surface area contributed by atoms with Crippen LogP contribution in [-0.4, -0.2) is 41.1 Å². The van der Waals surface area contributed by atoms with Crippen LogP contribution in [0, 0.1) is 0 Å². The SMILES string of the molecule is O=C1c2ccccc2C(=O)N1C[C@H](O)COc1cc(Cl)ccc1Cl. The van der Waals surface area contributed by atoms with Crippen LogP contribution >= 0.6 is 23.2 Å². The molecule has 0 unspecified atom stereocenters. The van der Waals surface area contributed by atoms with E-state index in [0.717, 1.165) is 4.90 Å². The Kier molecular flexibility index (Phi) is 4.76. The highest BCUT2D eigenvalue weighted by atomic mass is 35.5. The molecule has 24 heavy (non-hydrogen) atoms. The fraction of sp³-hybridized carbons (Fsp3) is 0.176. The number of ether oxygens (including phenoxy) is 1. The fourth-order valence-electron chi connectivity index (χ4n) is 2.44. The molecule has 2 amide bonds. The summed E-state index contributed by atoms with van der Waals surface area (Å²) in [4.78, 5) is 25.5. The van der Waals surface area contributed by atoms with E-state index >= 15 is 0 Å². The van der Waals surface area contributed by atoms with Crippen molar-refractivity contribution >= 4 is 35.0 Å². The van der Waals surface area contributed by atoms with Gasteiger partial charge in [-0.05, 0) is 24.3 Å². The van der Waals surface area contributed by atoms with Gasteiger partial charge >= 0.3 is 0 Å². The molecule has 5 nitrogen and oxygen atoms in total. The first-order chi connectivity index (χ1) is 11.5. The summed E-state index contributed by atoms with van der Waals surface area (Å²) in [6.45, 7) is -0.294. The Morgan fingerprint density at radius 1 is 1.04 bits per heavy atom. The van der Waals surface area contributed by atoms with Crippen LogP contribution < -0.4 is 4.74 Å². The summed E-state index contributed by atoms with van der Waals surface area (Å²) >= 11 is 11.8. The molecular formula is C17H13Cl2NO4. The van der Waals surface area contributed by atoms with E-state index in [0.29, 0.717) is 26.9 Å². The lowest BCUT2D eigenvalue weighted by molar-refractivity contribution is 0.0457. The molecule has 0 spiro atoms. The maximum absolute atomic E-state index is 12.2. The molecule has 0 aliphatic carbocycles. The Bertz CT molecular complexity index is 774. The zero-order chi connectivity index (χ0) is 17.3. The van der Waals surface area contributed by atoms with Gasteiger partial charge in [0.2, 0.25) is 0 Å². The third kappa shape index (κ3) is 3.24. The Labute approximate surface area is 148 Å². The molecule has 2 aromatic carbocycles. The van der Waals surface area contributed by atoms with Gasteiger partial charge in [-0.15, -0.1) is 0 Å². The van der Waals surface area contributed by atoms with E-state index in [4.69, 9.17) is 27.9 Å². The van der Waals surface area contributed by atoms with Gasteiger partial charge in [0.1, 0.15) is 18.5 Å². The third-order valence-corrected chi connectivity index (χ3v) is 4.14. The standard InChI is InChI=1S/C17H13Cl2NO4/c18-10-5-6-14(19)15(7-10)24-9-11(21)8-20-16(22)12-3-1-2-4-13(12)17(20)23/h1-7,11,21H,8-9H2/t11-/m0/s1. The number of aliphatic hydroxyl groups is 1. The zero-order valence-corrected chi connectivity index (χ0v) is 13.9. The van der Waals surface area contributed by atoms with Crippen LogP contribution in [0.15, 0.2) is 42.5 Å². The summed E-state index contributed by atoms with van der Waals surface area (Å²) in [5.41, 5.74) is 0.682. The highest BCUT2D eigenvalue weighted by molar-refractivity contribution is 6.34. The number of carbonyl (C=O) groups excluding carboxylic acids is 2. The zero-order valence-electron chi connectivity index (χ0n) is 12.4. The van der Waals surface area contributed by atoms with Gasteiger partial charge < -0.3 is 9.84 Å². The van der Waals surface area contributed by atoms with Gasteiger partial charge in [-0.2, -0.15) is 0 Å². The summed E-state index contributed by atoms with van der Waals surface area (Å²) in [5.74, 6) is -0.517. The van der Waals surface area contributed by atoms with E-state index in [1.807, 2.05) is 0 Å². The molecule has 7 heteroatoms. The minimum absolute atomic E-state index is 0.131. The molecule has 124 valence electrons. The molecule has 2 aromatic rings. The topological polar surface area (TPSA) is 66.8 Å². The number of halogens is 2. The fourth-order valence-corrected chi connectivity index (χ4v) is 2.78. The number of carbonyl (C=O) groups is 2. The number of rotatable bonds is 5. The van der Waals surface area contributed by atoms with Crippen molar-refractivity contribution in [2.45, 2.75) is 6.10 Å². The number of benzene rings is 2. The summed E-state index contributed by atoms with van der Waals surface area (Å²) in [5, 5.41) is 10.9. The molecule has 1 aliphatic heterocycles. The van der Waals surface area contributed by atoms with Crippen molar-refractivity contribution in [2.75, 3.05) is 13.2 Å². The van der Waals surface area contributed by atoms with Crippen molar-refractivity contribution in [2.24, 2.45) is 0 Å². The first-order valence-corrected chi connectivity index (χ1v) is 7.94. The van der Waals surface area contributed by atoms with E-state index in [1.165, 1.54) is 6.07 Å². The summed E-state index contributed by atoms with van der Waals surface area (Å²) in [7, 11) is 0. The largest absolute Gasteiger partial charge is 0.489 e. The molecule has 0 saturated heterocycles. The average Bonchev–Trinajstić information content (AvgIpc) is 2.81. The Morgan fingerprint density at radius 2 is 1.67 bits per heavy atom. The highest BCUT2D eigenvalue weighted by Crippen LogP contribution is 2.28. The number of hydrogen-bond donors (Lipinski definition) is 1. The van der Waals surface area contributed by atoms with Crippen molar-refractivity contribution in [3.8, 4) is 5.75 Å². The normalized spacial score (nSPS) is 14.7. The van der Waals surface area contributed by atoms with Crippen LogP contribution in [-0.2, 0) is 0 Å². The minimum atomic E-state index is -1.05. The van der Waals surface area contributed by atoms with E-state index in [1.54, 1.807) is 36.4 Å². The number of amides is 2. The van der Waals surface area contributed by atoms with Gasteiger partial charge in [-0.1, -0.05) is 35.3 Å². The van der Waals surface area contributed by atoms with Crippen LogP contribution in [0.25, 0.3) is 0 Å². The van der Waals surface area contributed by atoms with E-state index in [9.17, 15) is 14.7 Å². The second-order valence-electron chi connectivity index (χ2n) is 5.31. The molecular weight excluding hydrogens is 353 g/mol. The van der Waals surface area contributed by atoms with Gasteiger partial charge in [0.25, 0.3) is 11.8 Å². The number of fused-ring (bicyclic) bond motifs is 1. The molecule has 1 atom stereocenters. The maximum Gasteiger partial charge on any atom is 0.261 e. The molecule has 0 saturated carbocycles. The van der Waals surface area contributed by atoms with E-state index < -0.39 is 17.9 Å². The van der Waals surface area contributed by atoms with Crippen LogP contribution in [0.4, 0.5) is 0 Å². The van der Waals surface area contributed by atoms with Gasteiger partial charge in [0.15, 0.2) is 0 Å². The molecule has 0 bridgehead atoms. The Morgan fingerprint density at radius 3 is 2.29 bits per heavy atom. The van der Waals surface area contributed by atoms with Crippen molar-refractivity contribution in [1.82, 2.24) is 4.90 Å². The van der Waals surface area contributed by atoms with Gasteiger partial charge in [-0.25, -0.2) is 0 Å². The van der Waals surface area contributed by atoms with Crippen LogP contribution in [0.5, 0.6) is 5.75 Å². The first kappa shape index (κ1) is 16.8. The lowest BCUT2D eigenvalue weighted by Gasteiger charge is -2.19. The van der Waals surface area contributed by atoms with Crippen LogP contribution in [0.3, 0.4) is 0 Å². The summed E-state index contributed by atoms with van der Waals surface area (Å²) in [6, 6.07) is 11.3. The van der Waals surface area contributed by atoms with E-state index in [2.05, 4.69) is 0 Å². The van der Waals surface area contributed by atoms with Crippen LogP contribution in [0.2, 0.25) is 10.0 Å². The van der Waals surface area contributed by atoms with Gasteiger partial charge in [-0.3, -0.25) is 14.5 Å². The molecule has 0 radical (unpaired) electrons. The highest BCUT2D eigenvalue weighted by Gasteiger charge is 2.36. The molecule has 1 heterocycles. The monoisotopic (exact) mass is 365 g/mol. The second-order valence-corrected chi connectivity index (χ2v) is 6.15. The Balaban J connectivity index is 1.64. The average molecular weight is 366 g/mol. The third-order valence-electron chi connectivity index (χ3n) is 3.60. The number of aliphatic hydroxyl groups excluding tert-OH is 1. The van der Waals surface area contributed by atoms with Gasteiger partial charge in [0, 0.05) is 11.1 Å². The molecule has 1 aliphatic rings. The van der Waals surface area contributed by atoms with Crippen molar-refractivity contribution in [3.05, 3.63) is 63.6 Å². The molecule has 0 aromatic heterocycles. The van der Waals surface area contributed by atoms with Crippen molar-refractivity contribution in [1.29, 1.82) is 0 Å². The Hall–Kier alpha value is -2.08. The number of imide groups is 1. The van der Waals surface area contributed by atoms with Crippen molar-refractivity contribution in [3.63, 3.8) is 0 Å². The summed E-state index contributed by atoms with van der Waals surface area (Å²) < 4.78 is 5.42. The summed E-state index contributed by atoms with van der Waals surface area (Å²) in [6.07, 6.45) is -1.05. The molecule has 3 rings (SSSR count). The maximum atomic E-state index is 12.2. The van der Waals surface area contributed by atoms with Gasteiger partial charge in [0.05, 0.1) is 22.7 Å². The predicted octanol–water partition coefficient (Wildman–Crippen LogP) is 3.03. The number of β-amino-alcohol motifs (C(OH)–C–C–N with tert-alkyl or cyclic N) is 1. The smallest absolute Gasteiger partial charge is 0.261 e. The number of nitrogens with zero attached hydrogens (tertiary/aromatic N) is 1. The lowest BCUT2D eigenvalue weighted by Crippen LogP contribution is -2.39. The first-order valence-electron chi connectivity index (χ1n) is 7.18. The minimum Gasteiger partial charge on any atom is -0.489 e. The number of hydrogen-bond acceptors (Lipinski definition) is 4. The predicted molar refractivity (Wildman–Crippen MR) is 89.8 cm³/mol. The second kappa shape index (κ2) is 6.81. The van der Waals surface area contributed by atoms with Crippen molar-refractivity contribution < 1.29 is 19.4 Å². The van der Waals surface area contributed by atoms with Crippen LogP contribution in [0.1, 0.15) is 20.7 Å². The molecule has 0 fully saturated rings. The quantitative estimate of drug-likeness (QED) is 0.827.